The highest BCUT2D eigenvalue weighted by atomic mass is 32.2. The molecule has 0 amide bonds. The van der Waals surface area contributed by atoms with E-state index in [1.165, 1.54) is 4.31 Å². The Labute approximate surface area is 93.4 Å². The second-order valence-corrected chi connectivity index (χ2v) is 5.39. The number of nitrogens with zero attached hydrogens (tertiary/aromatic N) is 1. The summed E-state index contributed by atoms with van der Waals surface area (Å²) in [5, 5.41) is 3.08. The van der Waals surface area contributed by atoms with E-state index in [1.54, 1.807) is 6.08 Å². The second kappa shape index (κ2) is 7.84. The molecule has 5 heteroatoms. The fourth-order valence-electron chi connectivity index (χ4n) is 1.22. The number of nitrogens with one attached hydrogen (secondary N) is 1. The van der Waals surface area contributed by atoms with E-state index in [2.05, 4.69) is 18.8 Å². The summed E-state index contributed by atoms with van der Waals surface area (Å²) >= 11 is 0. The molecule has 0 aliphatic heterocycles. The Balaban J connectivity index is 4.08. The van der Waals surface area contributed by atoms with Gasteiger partial charge in [0.2, 0.25) is 10.0 Å². The van der Waals surface area contributed by atoms with Gasteiger partial charge in [-0.2, -0.15) is 4.31 Å². The van der Waals surface area contributed by atoms with Gasteiger partial charge in [0.15, 0.2) is 0 Å². The molecule has 0 atom stereocenters. The van der Waals surface area contributed by atoms with Crippen molar-refractivity contribution in [1.29, 1.82) is 0 Å². The Bertz CT molecular complexity index is 263. The zero-order valence-corrected chi connectivity index (χ0v) is 10.5. The first-order chi connectivity index (χ1) is 7.08. The summed E-state index contributed by atoms with van der Waals surface area (Å²) in [4.78, 5) is 0. The molecule has 0 aliphatic carbocycles. The van der Waals surface area contributed by atoms with E-state index < -0.39 is 10.0 Å². The fraction of sp³-hybridized carbons (Fsp3) is 0.800. The SMILES string of the molecule is C=CCN(CC)S(=O)(=O)CCNCCC. The van der Waals surface area contributed by atoms with Crippen LogP contribution in [0.4, 0.5) is 0 Å². The normalized spacial score (nSPS) is 11.9. The van der Waals surface area contributed by atoms with E-state index in [9.17, 15) is 8.42 Å². The Morgan fingerprint density at radius 2 is 2.00 bits per heavy atom. The van der Waals surface area contributed by atoms with Crippen LogP contribution in [0.3, 0.4) is 0 Å². The van der Waals surface area contributed by atoms with Crippen molar-refractivity contribution in [2.24, 2.45) is 0 Å². The summed E-state index contributed by atoms with van der Waals surface area (Å²) < 4.78 is 24.9. The van der Waals surface area contributed by atoms with Gasteiger partial charge in [-0.3, -0.25) is 0 Å². The lowest BCUT2D eigenvalue weighted by molar-refractivity contribution is 0.458. The maximum absolute atomic E-state index is 11.8. The van der Waals surface area contributed by atoms with Gasteiger partial charge in [0, 0.05) is 19.6 Å². The number of hydrogen-bond acceptors (Lipinski definition) is 3. The topological polar surface area (TPSA) is 49.4 Å². The first-order valence-electron chi connectivity index (χ1n) is 5.37. The van der Waals surface area contributed by atoms with Crippen molar-refractivity contribution in [3.05, 3.63) is 12.7 Å². The Kier molecular flexibility index (Phi) is 7.64. The van der Waals surface area contributed by atoms with Crippen molar-refractivity contribution >= 4 is 10.0 Å². The fourth-order valence-corrected chi connectivity index (χ4v) is 2.60. The Hall–Kier alpha value is -0.390. The molecule has 0 unspecified atom stereocenters. The monoisotopic (exact) mass is 234 g/mol. The van der Waals surface area contributed by atoms with Crippen LogP contribution >= 0.6 is 0 Å². The molecule has 0 aliphatic rings. The van der Waals surface area contributed by atoms with Gasteiger partial charge in [-0.1, -0.05) is 19.9 Å². The van der Waals surface area contributed by atoms with Crippen molar-refractivity contribution in [3.8, 4) is 0 Å². The lowest BCUT2D eigenvalue weighted by atomic mass is 10.5. The molecular weight excluding hydrogens is 212 g/mol. The van der Waals surface area contributed by atoms with Crippen LogP contribution in [-0.2, 0) is 10.0 Å². The van der Waals surface area contributed by atoms with E-state index in [0.717, 1.165) is 13.0 Å². The molecule has 0 radical (unpaired) electrons. The lowest BCUT2D eigenvalue weighted by Gasteiger charge is -2.18. The third kappa shape index (κ3) is 5.92. The van der Waals surface area contributed by atoms with Crippen molar-refractivity contribution in [3.63, 3.8) is 0 Å². The van der Waals surface area contributed by atoms with E-state index >= 15 is 0 Å². The average Bonchev–Trinajstić information content (AvgIpc) is 2.20. The predicted octanol–water partition coefficient (Wildman–Crippen LogP) is 0.824. The lowest BCUT2D eigenvalue weighted by Crippen LogP contribution is -2.36. The van der Waals surface area contributed by atoms with Crippen LogP contribution in [0, 0.1) is 0 Å². The molecule has 0 aromatic heterocycles. The van der Waals surface area contributed by atoms with Crippen LogP contribution in [0.15, 0.2) is 12.7 Å². The smallest absolute Gasteiger partial charge is 0.215 e. The highest BCUT2D eigenvalue weighted by molar-refractivity contribution is 7.89. The number of hydrogen-bond donors (Lipinski definition) is 1. The molecule has 0 aromatic carbocycles. The van der Waals surface area contributed by atoms with E-state index in [0.29, 0.717) is 19.6 Å². The minimum Gasteiger partial charge on any atom is -0.316 e. The van der Waals surface area contributed by atoms with Crippen LogP contribution in [-0.4, -0.2) is 44.7 Å². The predicted molar refractivity (Wildman–Crippen MR) is 64.4 cm³/mol. The molecule has 15 heavy (non-hydrogen) atoms. The molecular formula is C10H22N2O2S. The van der Waals surface area contributed by atoms with Gasteiger partial charge < -0.3 is 5.32 Å². The quantitative estimate of drug-likeness (QED) is 0.475. The van der Waals surface area contributed by atoms with Crippen molar-refractivity contribution in [2.45, 2.75) is 20.3 Å². The molecule has 0 spiro atoms. The van der Waals surface area contributed by atoms with Crippen molar-refractivity contribution in [1.82, 2.24) is 9.62 Å². The van der Waals surface area contributed by atoms with Gasteiger partial charge >= 0.3 is 0 Å². The summed E-state index contributed by atoms with van der Waals surface area (Å²) in [6, 6.07) is 0. The van der Waals surface area contributed by atoms with Crippen LogP contribution < -0.4 is 5.32 Å². The maximum atomic E-state index is 11.8. The first kappa shape index (κ1) is 14.6. The summed E-state index contributed by atoms with van der Waals surface area (Å²) in [5.41, 5.74) is 0. The molecule has 0 rings (SSSR count). The Morgan fingerprint density at radius 3 is 2.47 bits per heavy atom. The van der Waals surface area contributed by atoms with Crippen LogP contribution in [0.1, 0.15) is 20.3 Å². The van der Waals surface area contributed by atoms with Gasteiger partial charge in [0.25, 0.3) is 0 Å². The summed E-state index contributed by atoms with van der Waals surface area (Å²) in [6.45, 7) is 9.72. The molecule has 0 heterocycles. The van der Waals surface area contributed by atoms with Gasteiger partial charge in [-0.25, -0.2) is 8.42 Å². The van der Waals surface area contributed by atoms with Gasteiger partial charge in [-0.15, -0.1) is 6.58 Å². The molecule has 0 bridgehead atoms. The van der Waals surface area contributed by atoms with Gasteiger partial charge in [0.1, 0.15) is 0 Å². The molecule has 1 N–H and O–H groups in total. The average molecular weight is 234 g/mol. The molecule has 4 nitrogen and oxygen atoms in total. The standard InChI is InChI=1S/C10H22N2O2S/c1-4-7-11-8-10-15(13,14)12(6-3)9-5-2/h5,11H,2,4,6-10H2,1,3H3. The first-order valence-corrected chi connectivity index (χ1v) is 6.98. The number of rotatable bonds is 9. The van der Waals surface area contributed by atoms with Crippen molar-refractivity contribution in [2.75, 3.05) is 31.9 Å². The zero-order valence-electron chi connectivity index (χ0n) is 9.70. The van der Waals surface area contributed by atoms with Crippen LogP contribution in [0.5, 0.6) is 0 Å². The van der Waals surface area contributed by atoms with Crippen molar-refractivity contribution < 1.29 is 8.42 Å². The molecule has 0 fully saturated rings. The zero-order chi connectivity index (χ0) is 11.7. The van der Waals surface area contributed by atoms with E-state index in [1.807, 2.05) is 6.92 Å². The second-order valence-electron chi connectivity index (χ2n) is 3.31. The summed E-state index contributed by atoms with van der Waals surface area (Å²) in [7, 11) is -3.12. The van der Waals surface area contributed by atoms with Crippen LogP contribution in [0.25, 0.3) is 0 Å². The highest BCUT2D eigenvalue weighted by Crippen LogP contribution is 2.00. The Morgan fingerprint density at radius 1 is 1.33 bits per heavy atom. The highest BCUT2D eigenvalue weighted by Gasteiger charge is 2.17. The third-order valence-corrected chi connectivity index (χ3v) is 3.96. The minimum absolute atomic E-state index is 0.161. The molecule has 90 valence electrons. The number of likely N-dealkylation sites (N-methyl/N-ethyl adjacent to an activating group) is 1. The largest absolute Gasteiger partial charge is 0.316 e. The molecule has 0 saturated heterocycles. The van der Waals surface area contributed by atoms with Crippen LogP contribution in [0.2, 0.25) is 0 Å². The summed E-state index contributed by atoms with van der Waals surface area (Å²) in [6.07, 6.45) is 2.63. The van der Waals surface area contributed by atoms with E-state index in [4.69, 9.17) is 0 Å². The molecule has 0 saturated carbocycles. The maximum Gasteiger partial charge on any atom is 0.215 e. The van der Waals surface area contributed by atoms with E-state index in [-0.39, 0.29) is 5.75 Å². The summed E-state index contributed by atoms with van der Waals surface area (Å²) in [5.74, 6) is 0.161. The van der Waals surface area contributed by atoms with Gasteiger partial charge in [-0.05, 0) is 13.0 Å². The molecule has 0 aromatic rings. The minimum atomic E-state index is -3.12. The van der Waals surface area contributed by atoms with Gasteiger partial charge in [0.05, 0.1) is 5.75 Å². The number of sulfonamides is 1. The third-order valence-electron chi connectivity index (χ3n) is 2.04.